The van der Waals surface area contributed by atoms with E-state index in [2.05, 4.69) is 10.3 Å². The zero-order valence-corrected chi connectivity index (χ0v) is 17.6. The van der Waals surface area contributed by atoms with Crippen LogP contribution in [0.25, 0.3) is 0 Å². The highest BCUT2D eigenvalue weighted by Crippen LogP contribution is 2.26. The first-order valence-corrected chi connectivity index (χ1v) is 11.4. The third-order valence-corrected chi connectivity index (χ3v) is 7.03. The average Bonchev–Trinajstić information content (AvgIpc) is 2.80. The van der Waals surface area contributed by atoms with E-state index in [1.54, 1.807) is 18.3 Å². The Hall–Kier alpha value is -2.60. The van der Waals surface area contributed by atoms with Crippen molar-refractivity contribution in [2.45, 2.75) is 4.90 Å². The third kappa shape index (κ3) is 4.69. The van der Waals surface area contributed by atoms with Gasteiger partial charge in [0.1, 0.15) is 5.82 Å². The van der Waals surface area contributed by atoms with Gasteiger partial charge >= 0.3 is 0 Å². The van der Waals surface area contributed by atoms with E-state index in [4.69, 9.17) is 9.47 Å². The highest BCUT2D eigenvalue weighted by molar-refractivity contribution is 7.89. The number of hydrogen-bond acceptors (Lipinski definition) is 7. The van der Waals surface area contributed by atoms with Crippen molar-refractivity contribution in [1.82, 2.24) is 9.29 Å². The minimum absolute atomic E-state index is 0.138. The number of aromatic nitrogens is 1. The highest BCUT2D eigenvalue weighted by Gasteiger charge is 2.28. The van der Waals surface area contributed by atoms with Crippen molar-refractivity contribution in [2.24, 2.45) is 0 Å². The Labute approximate surface area is 179 Å². The number of carbonyl (C=O) groups is 1. The number of nitrogens with one attached hydrogen (secondary N) is 1. The predicted molar refractivity (Wildman–Crippen MR) is 111 cm³/mol. The van der Waals surface area contributed by atoms with Gasteiger partial charge < -0.3 is 19.7 Å². The number of halogens is 1. The summed E-state index contributed by atoms with van der Waals surface area (Å²) < 4.78 is 52.0. The standard InChI is InChI=1S/C20H23FN4O5S/c21-17-4-3-15(31(27,28)25-8-12-30-13-9-25)14-16(17)20(26)23-18-2-1-5-22-19(18)24-6-10-29-11-7-24/h1-5,14H,6-13H2,(H,23,26). The molecule has 0 unspecified atom stereocenters. The molecule has 31 heavy (non-hydrogen) atoms. The Balaban J connectivity index is 1.59. The summed E-state index contributed by atoms with van der Waals surface area (Å²) in [5.41, 5.74) is 0.0568. The molecule has 1 N–H and O–H groups in total. The van der Waals surface area contributed by atoms with Gasteiger partial charge in [-0.1, -0.05) is 0 Å². The number of sulfonamides is 1. The van der Waals surface area contributed by atoms with E-state index in [1.807, 2.05) is 4.90 Å². The zero-order valence-electron chi connectivity index (χ0n) is 16.8. The summed E-state index contributed by atoms with van der Waals surface area (Å²) >= 11 is 0. The lowest BCUT2D eigenvalue weighted by Crippen LogP contribution is -2.40. The normalized spacial score (nSPS) is 18.0. The molecule has 1 amide bonds. The third-order valence-electron chi connectivity index (χ3n) is 5.14. The quantitative estimate of drug-likeness (QED) is 0.733. The van der Waals surface area contributed by atoms with Crippen molar-refractivity contribution in [3.8, 4) is 0 Å². The fourth-order valence-corrected chi connectivity index (χ4v) is 4.92. The van der Waals surface area contributed by atoms with Crippen LogP contribution in [0.1, 0.15) is 10.4 Å². The summed E-state index contributed by atoms with van der Waals surface area (Å²) in [6.07, 6.45) is 1.61. The number of morpholine rings is 2. The minimum Gasteiger partial charge on any atom is -0.379 e. The number of hydrogen-bond donors (Lipinski definition) is 1. The van der Waals surface area contributed by atoms with Crippen LogP contribution in [0.4, 0.5) is 15.9 Å². The van der Waals surface area contributed by atoms with E-state index in [0.29, 0.717) is 51.0 Å². The molecule has 1 aromatic heterocycles. The molecule has 2 aliphatic rings. The largest absolute Gasteiger partial charge is 0.379 e. The van der Waals surface area contributed by atoms with Crippen molar-refractivity contribution in [1.29, 1.82) is 0 Å². The summed E-state index contributed by atoms with van der Waals surface area (Å²) in [4.78, 5) is 19.0. The molecule has 1 aromatic carbocycles. The van der Waals surface area contributed by atoms with Gasteiger partial charge in [-0.2, -0.15) is 4.31 Å². The highest BCUT2D eigenvalue weighted by atomic mass is 32.2. The Morgan fingerprint density at radius 2 is 1.71 bits per heavy atom. The van der Waals surface area contributed by atoms with Crippen LogP contribution in [0.5, 0.6) is 0 Å². The van der Waals surface area contributed by atoms with Gasteiger partial charge in [0.2, 0.25) is 10.0 Å². The van der Waals surface area contributed by atoms with Gasteiger partial charge in [-0.25, -0.2) is 17.8 Å². The number of benzene rings is 1. The van der Waals surface area contributed by atoms with Crippen LogP contribution in [0.15, 0.2) is 41.4 Å². The molecular formula is C20H23FN4O5S. The first kappa shape index (κ1) is 21.6. The number of pyridine rings is 1. The van der Waals surface area contributed by atoms with Crippen molar-refractivity contribution < 1.29 is 27.1 Å². The molecule has 2 aliphatic heterocycles. The van der Waals surface area contributed by atoms with Gasteiger partial charge in [-0.15, -0.1) is 0 Å². The lowest BCUT2D eigenvalue weighted by atomic mass is 10.2. The molecule has 4 rings (SSSR count). The Morgan fingerprint density at radius 1 is 1.03 bits per heavy atom. The van der Waals surface area contributed by atoms with Crippen LogP contribution in [-0.2, 0) is 19.5 Å². The van der Waals surface area contributed by atoms with E-state index in [1.165, 1.54) is 10.4 Å². The molecule has 9 nitrogen and oxygen atoms in total. The minimum atomic E-state index is -3.86. The number of nitrogens with zero attached hydrogens (tertiary/aromatic N) is 3. The van der Waals surface area contributed by atoms with Crippen LogP contribution in [0.3, 0.4) is 0 Å². The topological polar surface area (TPSA) is 101 Å². The van der Waals surface area contributed by atoms with Gasteiger partial charge in [0, 0.05) is 32.4 Å². The summed E-state index contributed by atoms with van der Waals surface area (Å²) in [6, 6.07) is 6.56. The van der Waals surface area contributed by atoms with E-state index in [0.717, 1.165) is 12.1 Å². The molecule has 0 radical (unpaired) electrons. The van der Waals surface area contributed by atoms with Gasteiger partial charge in [0.05, 0.1) is 42.6 Å². The molecule has 2 saturated heterocycles. The van der Waals surface area contributed by atoms with E-state index in [-0.39, 0.29) is 23.5 Å². The van der Waals surface area contributed by atoms with Gasteiger partial charge in [-0.3, -0.25) is 4.79 Å². The first-order valence-electron chi connectivity index (χ1n) is 9.93. The van der Waals surface area contributed by atoms with Crippen molar-refractivity contribution in [3.05, 3.63) is 47.9 Å². The fourth-order valence-electron chi connectivity index (χ4n) is 3.49. The maximum absolute atomic E-state index is 14.5. The molecule has 2 aromatic rings. The Kier molecular flexibility index (Phi) is 6.46. The molecule has 3 heterocycles. The lowest BCUT2D eigenvalue weighted by molar-refractivity contribution is 0.0730. The molecule has 2 fully saturated rings. The molecular weight excluding hydrogens is 427 g/mol. The number of ether oxygens (including phenoxy) is 2. The molecule has 0 bridgehead atoms. The molecule has 166 valence electrons. The van der Waals surface area contributed by atoms with Crippen LogP contribution in [0, 0.1) is 5.82 Å². The second-order valence-corrected chi connectivity index (χ2v) is 9.02. The van der Waals surface area contributed by atoms with Crippen LogP contribution in [0.2, 0.25) is 0 Å². The molecule has 0 saturated carbocycles. The van der Waals surface area contributed by atoms with Crippen LogP contribution < -0.4 is 10.2 Å². The lowest BCUT2D eigenvalue weighted by Gasteiger charge is -2.29. The number of anilines is 2. The van der Waals surface area contributed by atoms with Crippen molar-refractivity contribution >= 4 is 27.4 Å². The maximum atomic E-state index is 14.5. The fraction of sp³-hybridized carbons (Fsp3) is 0.400. The number of amides is 1. The second-order valence-electron chi connectivity index (χ2n) is 7.09. The summed E-state index contributed by atoms with van der Waals surface area (Å²) in [5, 5.41) is 2.67. The second kappa shape index (κ2) is 9.27. The SMILES string of the molecule is O=C(Nc1cccnc1N1CCOCC1)c1cc(S(=O)(=O)N2CCOCC2)ccc1F. The first-order chi connectivity index (χ1) is 15.0. The Bertz CT molecular complexity index is 1050. The molecule has 0 spiro atoms. The Morgan fingerprint density at radius 3 is 2.42 bits per heavy atom. The number of rotatable bonds is 5. The van der Waals surface area contributed by atoms with Crippen LogP contribution in [-0.4, -0.2) is 76.2 Å². The maximum Gasteiger partial charge on any atom is 0.258 e. The molecule has 11 heteroatoms. The van der Waals surface area contributed by atoms with Gasteiger partial charge in [0.15, 0.2) is 5.82 Å². The van der Waals surface area contributed by atoms with E-state index < -0.39 is 21.7 Å². The number of carbonyl (C=O) groups excluding carboxylic acids is 1. The van der Waals surface area contributed by atoms with E-state index in [9.17, 15) is 17.6 Å². The predicted octanol–water partition coefficient (Wildman–Crippen LogP) is 1.33. The summed E-state index contributed by atoms with van der Waals surface area (Å²) in [6.45, 7) is 3.31. The summed E-state index contributed by atoms with van der Waals surface area (Å²) in [5.74, 6) is -1.01. The molecule has 0 aliphatic carbocycles. The van der Waals surface area contributed by atoms with Crippen LogP contribution >= 0.6 is 0 Å². The summed E-state index contributed by atoms with van der Waals surface area (Å²) in [7, 11) is -3.86. The van der Waals surface area contributed by atoms with Crippen molar-refractivity contribution in [2.75, 3.05) is 62.8 Å². The monoisotopic (exact) mass is 450 g/mol. The van der Waals surface area contributed by atoms with Gasteiger partial charge in [0.25, 0.3) is 5.91 Å². The average molecular weight is 450 g/mol. The molecule has 0 atom stereocenters. The van der Waals surface area contributed by atoms with Gasteiger partial charge in [-0.05, 0) is 30.3 Å². The van der Waals surface area contributed by atoms with Crippen molar-refractivity contribution in [3.63, 3.8) is 0 Å². The zero-order chi connectivity index (χ0) is 21.8. The van der Waals surface area contributed by atoms with E-state index >= 15 is 0 Å². The smallest absolute Gasteiger partial charge is 0.258 e.